The summed E-state index contributed by atoms with van der Waals surface area (Å²) in [5, 5.41) is 0. The molecule has 7 nitrogen and oxygen atoms in total. The Morgan fingerprint density at radius 1 is 0.765 bits per heavy atom. The molecule has 0 saturated heterocycles. The number of fused-ring (bicyclic) bond motifs is 1. The van der Waals surface area contributed by atoms with Crippen molar-refractivity contribution in [1.29, 1.82) is 0 Å². The summed E-state index contributed by atoms with van der Waals surface area (Å²) in [4.78, 5) is 52.2. The molecule has 0 heterocycles. The molecule has 190 valence electrons. The van der Waals surface area contributed by atoms with E-state index in [0.29, 0.717) is 18.4 Å². The van der Waals surface area contributed by atoms with Crippen LogP contribution < -0.4 is 0 Å². The van der Waals surface area contributed by atoms with Gasteiger partial charge in [0.05, 0.1) is 33.2 Å². The summed E-state index contributed by atoms with van der Waals surface area (Å²) in [6.45, 7) is 4.24. The van der Waals surface area contributed by atoms with Crippen LogP contribution in [0.15, 0.2) is 22.8 Å². The van der Waals surface area contributed by atoms with E-state index in [0.717, 1.165) is 56.9 Å². The third-order valence-corrected chi connectivity index (χ3v) is 7.14. The third-order valence-electron chi connectivity index (χ3n) is 7.14. The molecule has 7 heteroatoms. The zero-order valence-corrected chi connectivity index (χ0v) is 21.3. The Bertz CT molecular complexity index is 823. The Kier molecular flexibility index (Phi) is 11.0. The number of ketones is 1. The Morgan fingerprint density at radius 3 is 1.88 bits per heavy atom. The van der Waals surface area contributed by atoms with Gasteiger partial charge in [-0.25, -0.2) is 4.79 Å². The van der Waals surface area contributed by atoms with Crippen LogP contribution in [0.5, 0.6) is 0 Å². The number of allylic oxidation sites excluding steroid dienone is 1. The van der Waals surface area contributed by atoms with Crippen molar-refractivity contribution in [3.63, 3.8) is 0 Å². The first-order valence-electron chi connectivity index (χ1n) is 12.6. The Balaban J connectivity index is 2.59. The summed E-state index contributed by atoms with van der Waals surface area (Å²) < 4.78 is 15.2. The lowest BCUT2D eigenvalue weighted by atomic mass is 9.65. The van der Waals surface area contributed by atoms with Crippen molar-refractivity contribution >= 4 is 23.7 Å². The summed E-state index contributed by atoms with van der Waals surface area (Å²) in [7, 11) is 3.87. The lowest BCUT2D eigenvalue weighted by Crippen LogP contribution is -2.43. The van der Waals surface area contributed by atoms with Gasteiger partial charge in [0.15, 0.2) is 5.78 Å². The Hall–Kier alpha value is -2.44. The molecule has 0 saturated carbocycles. The minimum Gasteiger partial charge on any atom is -0.469 e. The van der Waals surface area contributed by atoms with Crippen LogP contribution in [0.1, 0.15) is 78.1 Å². The SMILES string of the molecule is CCCCCCC1=C[C@H](C(=O)OC)[C@H]2C(=O)C(C(=O)OC)=C(CCCCCC)[C@H]2[C@H]1C(=O)OC. The standard InChI is InChI=1S/C27H40O7/c1-6-8-10-12-14-17-16-19(25(29)32-3)22-21(20(17)26(30)33-4)18(15-13-11-9-7-2)23(24(22)28)27(31)34-5/h16,19-22H,6-15H2,1-5H3/t19-,20-,21-,22+/m0/s1. The van der Waals surface area contributed by atoms with Crippen LogP contribution in [0.2, 0.25) is 0 Å². The normalized spacial score (nSPS) is 23.9. The number of ether oxygens (including phenoxy) is 3. The second kappa shape index (κ2) is 13.4. The highest BCUT2D eigenvalue weighted by molar-refractivity contribution is 6.22. The Morgan fingerprint density at radius 2 is 1.35 bits per heavy atom. The minimum atomic E-state index is -0.869. The second-order valence-electron chi connectivity index (χ2n) is 9.22. The minimum absolute atomic E-state index is 0.00237. The largest absolute Gasteiger partial charge is 0.469 e. The Labute approximate surface area is 203 Å². The van der Waals surface area contributed by atoms with Gasteiger partial charge >= 0.3 is 17.9 Å². The maximum Gasteiger partial charge on any atom is 0.341 e. The molecule has 0 aromatic heterocycles. The van der Waals surface area contributed by atoms with Crippen LogP contribution in [0.3, 0.4) is 0 Å². The van der Waals surface area contributed by atoms with Crippen molar-refractivity contribution in [2.24, 2.45) is 23.7 Å². The van der Waals surface area contributed by atoms with Crippen molar-refractivity contribution in [1.82, 2.24) is 0 Å². The molecule has 0 aromatic rings. The molecule has 2 aliphatic rings. The molecule has 34 heavy (non-hydrogen) atoms. The molecule has 0 radical (unpaired) electrons. The zero-order chi connectivity index (χ0) is 25.3. The molecular formula is C27H40O7. The first-order chi connectivity index (χ1) is 16.4. The van der Waals surface area contributed by atoms with E-state index in [1.165, 1.54) is 21.3 Å². The zero-order valence-electron chi connectivity index (χ0n) is 21.3. The first kappa shape index (κ1) is 27.8. The number of rotatable bonds is 13. The number of carbonyl (C=O) groups excluding carboxylic acids is 4. The predicted octanol–water partition coefficient (Wildman–Crippen LogP) is 4.73. The molecule has 0 aromatic carbocycles. The van der Waals surface area contributed by atoms with E-state index in [1.54, 1.807) is 6.08 Å². The number of hydrogen-bond acceptors (Lipinski definition) is 7. The summed E-state index contributed by atoms with van der Waals surface area (Å²) in [5.41, 5.74) is 1.42. The summed E-state index contributed by atoms with van der Waals surface area (Å²) >= 11 is 0. The fourth-order valence-electron chi connectivity index (χ4n) is 5.47. The lowest BCUT2D eigenvalue weighted by Gasteiger charge is -2.37. The number of unbranched alkanes of at least 4 members (excludes halogenated alkanes) is 6. The smallest absolute Gasteiger partial charge is 0.341 e. The fraction of sp³-hybridized carbons (Fsp3) is 0.704. The molecule has 0 N–H and O–H groups in total. The van der Waals surface area contributed by atoms with Gasteiger partial charge in [0.25, 0.3) is 0 Å². The molecule has 2 aliphatic carbocycles. The van der Waals surface area contributed by atoms with Gasteiger partial charge in [-0.2, -0.15) is 0 Å². The summed E-state index contributed by atoms with van der Waals surface area (Å²) in [6, 6.07) is 0. The van der Waals surface area contributed by atoms with Gasteiger partial charge in [-0.05, 0) is 31.3 Å². The van der Waals surface area contributed by atoms with E-state index in [1.807, 2.05) is 0 Å². The average molecular weight is 477 g/mol. The van der Waals surface area contributed by atoms with Gasteiger partial charge in [-0.15, -0.1) is 0 Å². The van der Waals surface area contributed by atoms with Crippen molar-refractivity contribution in [2.45, 2.75) is 78.1 Å². The van der Waals surface area contributed by atoms with E-state index in [9.17, 15) is 19.2 Å². The van der Waals surface area contributed by atoms with Crippen molar-refractivity contribution in [3.05, 3.63) is 22.8 Å². The van der Waals surface area contributed by atoms with Gasteiger partial charge in [0, 0.05) is 11.8 Å². The van der Waals surface area contributed by atoms with Gasteiger partial charge in [-0.3, -0.25) is 14.4 Å². The molecule has 0 bridgehead atoms. The van der Waals surface area contributed by atoms with Crippen molar-refractivity contribution in [3.8, 4) is 0 Å². The molecular weight excluding hydrogens is 436 g/mol. The predicted molar refractivity (Wildman–Crippen MR) is 128 cm³/mol. The third kappa shape index (κ3) is 5.97. The van der Waals surface area contributed by atoms with Crippen LogP contribution >= 0.6 is 0 Å². The molecule has 0 amide bonds. The number of methoxy groups -OCH3 is 3. The molecule has 0 spiro atoms. The number of hydrogen-bond donors (Lipinski definition) is 0. The van der Waals surface area contributed by atoms with E-state index >= 15 is 0 Å². The van der Waals surface area contributed by atoms with Gasteiger partial charge in [-0.1, -0.05) is 64.0 Å². The van der Waals surface area contributed by atoms with Crippen LogP contribution in [0.4, 0.5) is 0 Å². The quantitative estimate of drug-likeness (QED) is 0.125. The van der Waals surface area contributed by atoms with E-state index in [2.05, 4.69) is 13.8 Å². The second-order valence-corrected chi connectivity index (χ2v) is 9.22. The molecule has 0 aliphatic heterocycles. The topological polar surface area (TPSA) is 96.0 Å². The number of Topliss-reactive ketones (excluding diaryl/α,β-unsaturated/α-hetero) is 1. The van der Waals surface area contributed by atoms with E-state index < -0.39 is 47.4 Å². The molecule has 0 fully saturated rings. The van der Waals surface area contributed by atoms with Crippen LogP contribution in [0.25, 0.3) is 0 Å². The van der Waals surface area contributed by atoms with Gasteiger partial charge < -0.3 is 14.2 Å². The lowest BCUT2D eigenvalue weighted by molar-refractivity contribution is -0.153. The number of carbonyl (C=O) groups is 4. The van der Waals surface area contributed by atoms with Gasteiger partial charge in [0.2, 0.25) is 0 Å². The van der Waals surface area contributed by atoms with E-state index in [4.69, 9.17) is 14.2 Å². The highest BCUT2D eigenvalue weighted by Gasteiger charge is 2.57. The van der Waals surface area contributed by atoms with Crippen LogP contribution in [-0.4, -0.2) is 45.0 Å². The van der Waals surface area contributed by atoms with Gasteiger partial charge in [0.1, 0.15) is 5.57 Å². The molecule has 2 rings (SSSR count). The fourth-order valence-corrected chi connectivity index (χ4v) is 5.47. The maximum absolute atomic E-state index is 13.6. The monoisotopic (exact) mass is 476 g/mol. The highest BCUT2D eigenvalue weighted by Crippen LogP contribution is 2.52. The maximum atomic E-state index is 13.6. The van der Waals surface area contributed by atoms with Crippen molar-refractivity contribution < 1.29 is 33.4 Å². The molecule has 0 unspecified atom stereocenters. The van der Waals surface area contributed by atoms with Crippen LogP contribution in [0, 0.1) is 23.7 Å². The van der Waals surface area contributed by atoms with Crippen molar-refractivity contribution in [2.75, 3.05) is 21.3 Å². The molecule has 4 atom stereocenters. The van der Waals surface area contributed by atoms with E-state index in [-0.39, 0.29) is 5.57 Å². The summed E-state index contributed by atoms with van der Waals surface area (Å²) in [6.07, 6.45) is 10.7. The first-order valence-corrected chi connectivity index (χ1v) is 12.6. The summed E-state index contributed by atoms with van der Waals surface area (Å²) in [5.74, 6) is -5.15. The highest BCUT2D eigenvalue weighted by atomic mass is 16.5. The van der Waals surface area contributed by atoms with Crippen LogP contribution in [-0.2, 0) is 33.4 Å². The number of esters is 3. The average Bonchev–Trinajstić information content (AvgIpc) is 3.14.